The number of halogens is 1. The zero-order valence-electron chi connectivity index (χ0n) is 22.9. The van der Waals surface area contributed by atoms with E-state index >= 15 is 0 Å². The number of allylic oxidation sites excluding steroid dienone is 1. The first-order valence-electron chi connectivity index (χ1n) is 13.3. The Morgan fingerprint density at radius 2 is 1.76 bits per heavy atom. The maximum atomic E-state index is 13.9. The van der Waals surface area contributed by atoms with Gasteiger partial charge in [0.15, 0.2) is 16.3 Å². The first-order valence-corrected chi connectivity index (χ1v) is 15.2. The summed E-state index contributed by atoms with van der Waals surface area (Å²) in [4.78, 5) is 32.2. The highest BCUT2D eigenvalue weighted by Gasteiger charge is 2.33. The van der Waals surface area contributed by atoms with E-state index in [1.165, 1.54) is 18.4 Å². The van der Waals surface area contributed by atoms with Crippen LogP contribution in [0.15, 0.2) is 93.9 Å². The molecular weight excluding hydrogens is 651 g/mol. The van der Waals surface area contributed by atoms with Gasteiger partial charge in [-0.15, -0.1) is 0 Å². The van der Waals surface area contributed by atoms with E-state index in [0.717, 1.165) is 20.3 Å². The van der Waals surface area contributed by atoms with Crippen LogP contribution in [0.3, 0.4) is 0 Å². The van der Waals surface area contributed by atoms with Crippen molar-refractivity contribution in [2.75, 3.05) is 13.7 Å². The molecule has 1 aliphatic rings. The Bertz CT molecular complexity index is 1780. The fourth-order valence-corrected chi connectivity index (χ4v) is 6.57. The lowest BCUT2D eigenvalue weighted by Crippen LogP contribution is -2.40. The minimum atomic E-state index is -0.634. The second kappa shape index (κ2) is 12.9. The standard InChI is InChI=1S/C32H29IN2O5S/c1-4-24-27(31(37)38-3)28(22-14-10-7-11-15-22)35-30(36)26(41-32(35)34-24)18-21-16-23(33)29(25(17-21)39-5-2)40-19-20-12-8-6-9-13-20/h6-18,28H,4-5,19H2,1-3H3/b26-18+/t28-/m0/s1. The molecule has 0 unspecified atom stereocenters. The molecule has 41 heavy (non-hydrogen) atoms. The highest BCUT2D eigenvalue weighted by molar-refractivity contribution is 14.1. The van der Waals surface area contributed by atoms with Gasteiger partial charge in [-0.1, -0.05) is 78.9 Å². The average molecular weight is 681 g/mol. The van der Waals surface area contributed by atoms with Crippen LogP contribution in [0, 0.1) is 3.57 Å². The topological polar surface area (TPSA) is 79.1 Å². The second-order valence-electron chi connectivity index (χ2n) is 9.24. The minimum absolute atomic E-state index is 0.225. The maximum absolute atomic E-state index is 13.9. The molecule has 0 aliphatic carbocycles. The van der Waals surface area contributed by atoms with Gasteiger partial charge in [0.05, 0.1) is 39.1 Å². The number of methoxy groups -OCH3 is 1. The van der Waals surface area contributed by atoms with Crippen molar-refractivity contribution < 1.29 is 19.0 Å². The van der Waals surface area contributed by atoms with Gasteiger partial charge in [-0.05, 0) is 70.8 Å². The number of aromatic nitrogens is 1. The summed E-state index contributed by atoms with van der Waals surface area (Å²) in [5, 5.41) is 0. The van der Waals surface area contributed by atoms with Gasteiger partial charge in [0.25, 0.3) is 5.56 Å². The molecule has 210 valence electrons. The molecule has 0 saturated carbocycles. The van der Waals surface area contributed by atoms with Crippen molar-refractivity contribution in [3.05, 3.63) is 124 Å². The fraction of sp³-hybridized carbons (Fsp3) is 0.219. The Kier molecular flexibility index (Phi) is 9.04. The fourth-order valence-electron chi connectivity index (χ4n) is 4.77. The van der Waals surface area contributed by atoms with Crippen LogP contribution in [0.2, 0.25) is 0 Å². The van der Waals surface area contributed by atoms with Crippen LogP contribution in [-0.2, 0) is 16.1 Å². The molecule has 0 saturated heterocycles. The summed E-state index contributed by atoms with van der Waals surface area (Å²) in [6, 6.07) is 22.7. The molecule has 1 atom stereocenters. The van der Waals surface area contributed by atoms with Crippen LogP contribution >= 0.6 is 33.9 Å². The summed E-state index contributed by atoms with van der Waals surface area (Å²) in [6.07, 6.45) is 2.37. The van der Waals surface area contributed by atoms with Crippen molar-refractivity contribution in [2.24, 2.45) is 4.99 Å². The molecule has 1 aromatic heterocycles. The Balaban J connectivity index is 1.61. The molecule has 0 radical (unpaired) electrons. The number of thiazole rings is 1. The third kappa shape index (κ3) is 6.01. The molecule has 0 N–H and O–H groups in total. The predicted molar refractivity (Wildman–Crippen MR) is 168 cm³/mol. The van der Waals surface area contributed by atoms with Gasteiger partial charge >= 0.3 is 5.97 Å². The lowest BCUT2D eigenvalue weighted by atomic mass is 9.95. The van der Waals surface area contributed by atoms with Crippen molar-refractivity contribution in [1.29, 1.82) is 0 Å². The third-order valence-corrected chi connectivity index (χ3v) is 8.41. The molecule has 3 aromatic carbocycles. The number of carbonyl (C=O) groups is 1. The number of benzene rings is 3. The SMILES string of the molecule is CCOc1cc(/C=c2/sc3n(c2=O)[C@@H](c2ccccc2)C(C(=O)OC)=C(CC)N=3)cc(I)c1OCc1ccccc1. The first-order chi connectivity index (χ1) is 19.9. The lowest BCUT2D eigenvalue weighted by Gasteiger charge is -2.25. The zero-order chi connectivity index (χ0) is 28.9. The smallest absolute Gasteiger partial charge is 0.338 e. The van der Waals surface area contributed by atoms with Crippen LogP contribution in [-0.4, -0.2) is 24.3 Å². The van der Waals surface area contributed by atoms with E-state index in [1.807, 2.05) is 92.7 Å². The van der Waals surface area contributed by atoms with Gasteiger partial charge in [0.1, 0.15) is 6.61 Å². The van der Waals surface area contributed by atoms with E-state index < -0.39 is 12.0 Å². The molecule has 7 nitrogen and oxygen atoms in total. The second-order valence-corrected chi connectivity index (χ2v) is 11.4. The van der Waals surface area contributed by atoms with Crippen molar-refractivity contribution in [3.8, 4) is 11.5 Å². The maximum Gasteiger partial charge on any atom is 0.338 e. The molecule has 0 bridgehead atoms. The van der Waals surface area contributed by atoms with Gasteiger partial charge < -0.3 is 14.2 Å². The number of hydrogen-bond acceptors (Lipinski definition) is 7. The van der Waals surface area contributed by atoms with E-state index in [-0.39, 0.29) is 5.56 Å². The molecule has 0 spiro atoms. The quantitative estimate of drug-likeness (QED) is 0.175. The molecule has 5 rings (SSSR count). The van der Waals surface area contributed by atoms with Gasteiger partial charge in [0.2, 0.25) is 0 Å². The first kappa shape index (κ1) is 28.8. The zero-order valence-corrected chi connectivity index (χ0v) is 25.9. The van der Waals surface area contributed by atoms with Gasteiger partial charge in [-0.2, -0.15) is 0 Å². The Morgan fingerprint density at radius 3 is 2.41 bits per heavy atom. The van der Waals surface area contributed by atoms with Gasteiger partial charge in [-0.3, -0.25) is 9.36 Å². The largest absolute Gasteiger partial charge is 0.490 e. The number of fused-ring (bicyclic) bond motifs is 1. The van der Waals surface area contributed by atoms with Crippen LogP contribution < -0.4 is 24.4 Å². The number of ether oxygens (including phenoxy) is 3. The number of nitrogens with zero attached hydrogens (tertiary/aromatic N) is 2. The number of hydrogen-bond donors (Lipinski definition) is 0. The summed E-state index contributed by atoms with van der Waals surface area (Å²) in [5.41, 5.74) is 3.45. The van der Waals surface area contributed by atoms with Gasteiger partial charge in [-0.25, -0.2) is 9.79 Å². The summed E-state index contributed by atoms with van der Waals surface area (Å²) >= 11 is 3.53. The highest BCUT2D eigenvalue weighted by atomic mass is 127. The van der Waals surface area contributed by atoms with Crippen molar-refractivity contribution >= 4 is 46.0 Å². The number of esters is 1. The monoisotopic (exact) mass is 680 g/mol. The molecule has 4 aromatic rings. The van der Waals surface area contributed by atoms with E-state index in [0.29, 0.717) is 51.7 Å². The summed E-state index contributed by atoms with van der Waals surface area (Å²) < 4.78 is 20.2. The van der Waals surface area contributed by atoms with Gasteiger partial charge in [0, 0.05) is 0 Å². The Labute approximate surface area is 255 Å². The van der Waals surface area contributed by atoms with E-state index in [4.69, 9.17) is 19.2 Å². The van der Waals surface area contributed by atoms with Crippen LogP contribution in [0.1, 0.15) is 43.0 Å². The van der Waals surface area contributed by atoms with Crippen LogP contribution in [0.25, 0.3) is 6.08 Å². The van der Waals surface area contributed by atoms with E-state index in [1.54, 1.807) is 4.57 Å². The summed E-state index contributed by atoms with van der Waals surface area (Å²) in [5.74, 6) is 0.780. The van der Waals surface area contributed by atoms with Crippen molar-refractivity contribution in [3.63, 3.8) is 0 Å². The predicted octanol–water partition coefficient (Wildman–Crippen LogP) is 5.38. The van der Waals surface area contributed by atoms with E-state index in [9.17, 15) is 9.59 Å². The molecule has 9 heteroatoms. The lowest BCUT2D eigenvalue weighted by molar-refractivity contribution is -0.136. The molecule has 1 aliphatic heterocycles. The number of carbonyl (C=O) groups excluding carboxylic acids is 1. The normalized spacial score (nSPS) is 14.8. The average Bonchev–Trinajstić information content (AvgIpc) is 3.30. The Morgan fingerprint density at radius 1 is 1.05 bits per heavy atom. The van der Waals surface area contributed by atoms with Crippen molar-refractivity contribution in [2.45, 2.75) is 32.9 Å². The third-order valence-electron chi connectivity index (χ3n) is 6.62. The summed E-state index contributed by atoms with van der Waals surface area (Å²) in [7, 11) is 1.35. The van der Waals surface area contributed by atoms with Crippen molar-refractivity contribution in [1.82, 2.24) is 4.57 Å². The van der Waals surface area contributed by atoms with Crippen LogP contribution in [0.4, 0.5) is 0 Å². The van der Waals surface area contributed by atoms with Crippen LogP contribution in [0.5, 0.6) is 11.5 Å². The summed E-state index contributed by atoms with van der Waals surface area (Å²) in [6.45, 7) is 4.75. The highest BCUT2D eigenvalue weighted by Crippen LogP contribution is 2.35. The Hall–Kier alpha value is -3.70. The molecule has 0 fully saturated rings. The molecule has 2 heterocycles. The van der Waals surface area contributed by atoms with E-state index in [2.05, 4.69) is 22.6 Å². The molecular formula is C32H29IN2O5S. The minimum Gasteiger partial charge on any atom is -0.490 e. The molecule has 0 amide bonds. The number of rotatable bonds is 9.